The van der Waals surface area contributed by atoms with E-state index in [-0.39, 0.29) is 18.7 Å². The van der Waals surface area contributed by atoms with Crippen LogP contribution in [0.5, 0.6) is 11.5 Å². The quantitative estimate of drug-likeness (QED) is 0.237. The summed E-state index contributed by atoms with van der Waals surface area (Å²) in [6, 6.07) is 4.14. The highest BCUT2D eigenvalue weighted by Gasteiger charge is 2.28. The molecular weight excluding hydrogens is 451 g/mol. The summed E-state index contributed by atoms with van der Waals surface area (Å²) in [6.07, 6.45) is 0.309. The number of esters is 1. The SMILES string of the molecule is COC(=O)[C@@H](CCCN=C(C)N)NS(=O)(=O)c1cc(F)c(Oc2ccc(F)cc2)c(F)c1. The van der Waals surface area contributed by atoms with Crippen molar-refractivity contribution in [3.63, 3.8) is 0 Å². The lowest BCUT2D eigenvalue weighted by atomic mass is 10.2. The first-order chi connectivity index (χ1) is 15.0. The second kappa shape index (κ2) is 11.0. The highest BCUT2D eigenvalue weighted by Crippen LogP contribution is 2.30. The molecule has 0 aliphatic carbocycles. The first kappa shape index (κ1) is 25.1. The minimum absolute atomic E-state index is 0.0133. The molecule has 0 radical (unpaired) electrons. The molecule has 0 heterocycles. The fraction of sp³-hybridized carbons (Fsp3) is 0.300. The summed E-state index contributed by atoms with van der Waals surface area (Å²) in [7, 11) is -3.43. The van der Waals surface area contributed by atoms with Gasteiger partial charge in [-0.2, -0.15) is 4.72 Å². The molecule has 0 aromatic heterocycles. The predicted molar refractivity (Wildman–Crippen MR) is 110 cm³/mol. The fourth-order valence-electron chi connectivity index (χ4n) is 2.58. The standard InChI is InChI=1S/C20H22F3N3O5S/c1-12(24)25-9-3-4-18(20(27)30-2)26-32(28,29)15-10-16(22)19(17(23)11-15)31-14-7-5-13(21)6-8-14/h5-8,10-11,18,26H,3-4,9H2,1-2H3,(H2,24,25)/t18-/m1/s1. The smallest absolute Gasteiger partial charge is 0.323 e. The molecule has 0 bridgehead atoms. The number of methoxy groups -OCH3 is 1. The number of ether oxygens (including phenoxy) is 2. The highest BCUT2D eigenvalue weighted by molar-refractivity contribution is 7.89. The molecule has 32 heavy (non-hydrogen) atoms. The molecular formula is C20H22F3N3O5S. The summed E-state index contributed by atoms with van der Waals surface area (Å²) in [5.74, 6) is -4.66. The Labute approximate surface area is 183 Å². The van der Waals surface area contributed by atoms with Crippen molar-refractivity contribution in [2.75, 3.05) is 13.7 Å². The number of hydrogen-bond donors (Lipinski definition) is 2. The van der Waals surface area contributed by atoms with E-state index >= 15 is 0 Å². The topological polar surface area (TPSA) is 120 Å². The van der Waals surface area contributed by atoms with Gasteiger partial charge in [0.05, 0.1) is 17.8 Å². The molecule has 0 unspecified atom stereocenters. The molecule has 2 aromatic rings. The van der Waals surface area contributed by atoms with Crippen molar-refractivity contribution in [1.82, 2.24) is 4.72 Å². The van der Waals surface area contributed by atoms with Gasteiger partial charge in [-0.05, 0) is 56.2 Å². The molecule has 1 atom stereocenters. The molecule has 3 N–H and O–H groups in total. The maximum Gasteiger partial charge on any atom is 0.323 e. The van der Waals surface area contributed by atoms with Crippen LogP contribution >= 0.6 is 0 Å². The first-order valence-corrected chi connectivity index (χ1v) is 10.8. The van der Waals surface area contributed by atoms with Gasteiger partial charge in [0.2, 0.25) is 10.0 Å². The second-order valence-electron chi connectivity index (χ2n) is 6.63. The van der Waals surface area contributed by atoms with Gasteiger partial charge in [0.25, 0.3) is 0 Å². The maximum absolute atomic E-state index is 14.4. The van der Waals surface area contributed by atoms with Crippen LogP contribution in [0, 0.1) is 17.5 Å². The molecule has 0 spiro atoms. The number of nitrogens with one attached hydrogen (secondary N) is 1. The highest BCUT2D eigenvalue weighted by atomic mass is 32.2. The van der Waals surface area contributed by atoms with E-state index in [1.165, 1.54) is 0 Å². The minimum atomic E-state index is -4.50. The molecule has 0 aliphatic heterocycles. The molecule has 8 nitrogen and oxygen atoms in total. The Balaban J connectivity index is 2.22. The van der Waals surface area contributed by atoms with E-state index in [0.29, 0.717) is 24.4 Å². The molecule has 2 aromatic carbocycles. The largest absolute Gasteiger partial charge is 0.468 e. The van der Waals surface area contributed by atoms with Gasteiger partial charge in [0, 0.05) is 6.54 Å². The molecule has 0 aliphatic rings. The summed E-state index contributed by atoms with van der Waals surface area (Å²) in [4.78, 5) is 15.1. The molecule has 174 valence electrons. The van der Waals surface area contributed by atoms with Crippen LogP contribution in [-0.4, -0.2) is 39.9 Å². The molecule has 0 amide bonds. The van der Waals surface area contributed by atoms with Crippen molar-refractivity contribution in [3.8, 4) is 11.5 Å². The Kier molecular flexibility index (Phi) is 8.61. The molecule has 2 rings (SSSR count). The van der Waals surface area contributed by atoms with Gasteiger partial charge >= 0.3 is 5.97 Å². The van der Waals surface area contributed by atoms with Crippen molar-refractivity contribution < 1.29 is 35.9 Å². The fourth-order valence-corrected chi connectivity index (χ4v) is 3.83. The molecule has 0 saturated carbocycles. The van der Waals surface area contributed by atoms with Gasteiger partial charge in [0.15, 0.2) is 17.4 Å². The van der Waals surface area contributed by atoms with E-state index < -0.39 is 50.1 Å². The Bertz CT molecular complexity index is 1070. The molecule has 12 heteroatoms. The monoisotopic (exact) mass is 473 g/mol. The van der Waals surface area contributed by atoms with Crippen molar-refractivity contribution in [1.29, 1.82) is 0 Å². The zero-order valence-corrected chi connectivity index (χ0v) is 18.1. The number of rotatable bonds is 10. The van der Waals surface area contributed by atoms with Crippen LogP contribution in [0.15, 0.2) is 46.3 Å². The number of sulfonamides is 1. The minimum Gasteiger partial charge on any atom is -0.468 e. The summed E-state index contributed by atoms with van der Waals surface area (Å²) in [5, 5.41) is 0. The third-order valence-corrected chi connectivity index (χ3v) is 5.56. The Hall–Kier alpha value is -3.12. The van der Waals surface area contributed by atoms with E-state index in [1.807, 2.05) is 0 Å². The lowest BCUT2D eigenvalue weighted by Gasteiger charge is -2.17. The van der Waals surface area contributed by atoms with E-state index in [0.717, 1.165) is 31.4 Å². The Morgan fingerprint density at radius 1 is 1.16 bits per heavy atom. The third kappa shape index (κ3) is 6.95. The van der Waals surface area contributed by atoms with Gasteiger partial charge in [0.1, 0.15) is 17.6 Å². The zero-order valence-electron chi connectivity index (χ0n) is 17.3. The van der Waals surface area contributed by atoms with Crippen LogP contribution in [0.1, 0.15) is 19.8 Å². The summed E-state index contributed by atoms with van der Waals surface area (Å²) < 4.78 is 78.8. The van der Waals surface area contributed by atoms with Crippen LogP contribution in [0.25, 0.3) is 0 Å². The van der Waals surface area contributed by atoms with Crippen LogP contribution in [0.3, 0.4) is 0 Å². The van der Waals surface area contributed by atoms with Crippen molar-refractivity contribution >= 4 is 21.8 Å². The van der Waals surface area contributed by atoms with E-state index in [4.69, 9.17) is 10.5 Å². The number of benzene rings is 2. The number of halogens is 3. The molecule has 0 fully saturated rings. The number of amidine groups is 1. The van der Waals surface area contributed by atoms with Crippen LogP contribution in [-0.2, 0) is 19.6 Å². The predicted octanol–water partition coefficient (Wildman–Crippen LogP) is 2.87. The zero-order chi connectivity index (χ0) is 23.9. The summed E-state index contributed by atoms with van der Waals surface area (Å²) >= 11 is 0. The number of nitrogens with zero attached hydrogens (tertiary/aromatic N) is 1. The summed E-state index contributed by atoms with van der Waals surface area (Å²) in [6.45, 7) is 1.82. The van der Waals surface area contributed by atoms with E-state index in [1.54, 1.807) is 6.92 Å². The second-order valence-corrected chi connectivity index (χ2v) is 8.35. The van der Waals surface area contributed by atoms with Gasteiger partial charge in [-0.15, -0.1) is 0 Å². The van der Waals surface area contributed by atoms with E-state index in [2.05, 4.69) is 14.5 Å². The number of nitrogens with two attached hydrogens (primary N) is 1. The van der Waals surface area contributed by atoms with Gasteiger partial charge in [-0.3, -0.25) is 9.79 Å². The maximum atomic E-state index is 14.4. The average molecular weight is 473 g/mol. The van der Waals surface area contributed by atoms with E-state index in [9.17, 15) is 26.4 Å². The van der Waals surface area contributed by atoms with Crippen molar-refractivity contribution in [3.05, 3.63) is 53.8 Å². The number of hydrogen-bond acceptors (Lipinski definition) is 6. The van der Waals surface area contributed by atoms with Gasteiger partial charge in [-0.1, -0.05) is 0 Å². The Morgan fingerprint density at radius 3 is 2.28 bits per heavy atom. The van der Waals surface area contributed by atoms with Crippen LogP contribution in [0.2, 0.25) is 0 Å². The van der Waals surface area contributed by atoms with Crippen molar-refractivity contribution in [2.24, 2.45) is 10.7 Å². The summed E-state index contributed by atoms with van der Waals surface area (Å²) in [5.41, 5.74) is 5.42. The van der Waals surface area contributed by atoms with Crippen molar-refractivity contribution in [2.45, 2.75) is 30.7 Å². The number of carbonyl (C=O) groups excluding carboxylic acids is 1. The average Bonchev–Trinajstić information content (AvgIpc) is 2.73. The number of carbonyl (C=O) groups is 1. The Morgan fingerprint density at radius 2 is 1.75 bits per heavy atom. The first-order valence-electron chi connectivity index (χ1n) is 9.32. The third-order valence-electron chi connectivity index (χ3n) is 4.11. The number of aliphatic imine (C=N–C) groups is 1. The normalized spacial score (nSPS) is 13.0. The van der Waals surface area contributed by atoms with Crippen LogP contribution < -0.4 is 15.2 Å². The lowest BCUT2D eigenvalue weighted by Crippen LogP contribution is -2.41. The van der Waals surface area contributed by atoms with Gasteiger partial charge in [-0.25, -0.2) is 21.6 Å². The van der Waals surface area contributed by atoms with Gasteiger partial charge < -0.3 is 15.2 Å². The molecule has 0 saturated heterocycles. The lowest BCUT2D eigenvalue weighted by molar-refractivity contribution is -0.142. The van der Waals surface area contributed by atoms with Crippen LogP contribution in [0.4, 0.5) is 13.2 Å².